The quantitative estimate of drug-likeness (QED) is 0.530. The number of hydrogen-bond acceptors (Lipinski definition) is 4. The van der Waals surface area contributed by atoms with Crippen LogP contribution in [-0.2, 0) is 0 Å². The summed E-state index contributed by atoms with van der Waals surface area (Å²) >= 11 is 1.30. The molecule has 92 valence electrons. The molecule has 0 unspecified atom stereocenters. The molecule has 0 saturated heterocycles. The monoisotopic (exact) mass is 251 g/mol. The van der Waals surface area contributed by atoms with Crippen LogP contribution in [0.2, 0.25) is 0 Å². The van der Waals surface area contributed by atoms with E-state index >= 15 is 0 Å². The Morgan fingerprint density at radius 2 is 2.06 bits per heavy atom. The third-order valence-corrected chi connectivity index (χ3v) is 2.58. The first kappa shape index (κ1) is 13.6. The van der Waals surface area contributed by atoms with E-state index in [1.165, 1.54) is 11.8 Å². The fraction of sp³-hybridized carbons (Fsp3) is 0.250. The van der Waals surface area contributed by atoms with E-state index in [0.29, 0.717) is 18.9 Å². The molecule has 0 bridgehead atoms. The Morgan fingerprint density at radius 3 is 2.65 bits per heavy atom. The molecule has 0 aromatic heterocycles. The molecule has 0 atom stereocenters. The van der Waals surface area contributed by atoms with E-state index in [1.807, 2.05) is 36.4 Å². The Kier molecular flexibility index (Phi) is 6.21. The second-order valence-electron chi connectivity index (χ2n) is 3.28. The molecule has 0 aliphatic rings. The van der Waals surface area contributed by atoms with Gasteiger partial charge in [0.25, 0.3) is 0 Å². The second kappa shape index (κ2) is 7.76. The Bertz CT molecular complexity index is 376. The van der Waals surface area contributed by atoms with Gasteiger partial charge >= 0.3 is 0 Å². The summed E-state index contributed by atoms with van der Waals surface area (Å²) in [6.45, 7) is 1.05. The van der Waals surface area contributed by atoms with Gasteiger partial charge < -0.3 is 16.2 Å². The van der Waals surface area contributed by atoms with E-state index in [9.17, 15) is 0 Å². The maximum atomic E-state index is 7.05. The predicted molar refractivity (Wildman–Crippen MR) is 74.4 cm³/mol. The van der Waals surface area contributed by atoms with Gasteiger partial charge in [-0.25, -0.2) is 0 Å². The summed E-state index contributed by atoms with van der Waals surface area (Å²) in [6.07, 6.45) is 3.96. The number of ether oxygens (including phenoxy) is 1. The van der Waals surface area contributed by atoms with Crippen molar-refractivity contribution in [3.8, 4) is 5.75 Å². The summed E-state index contributed by atoms with van der Waals surface area (Å²) in [5.41, 5.74) is 11.7. The molecule has 0 aliphatic heterocycles. The number of benzene rings is 1. The molecule has 0 fully saturated rings. The van der Waals surface area contributed by atoms with Crippen molar-refractivity contribution in [1.29, 1.82) is 5.41 Å². The second-order valence-corrected chi connectivity index (χ2v) is 4.35. The number of thioether (sulfide) groups is 1. The van der Waals surface area contributed by atoms with E-state index in [0.717, 1.165) is 11.3 Å². The minimum Gasteiger partial charge on any atom is -0.492 e. The van der Waals surface area contributed by atoms with Crippen LogP contribution in [0.5, 0.6) is 5.75 Å². The van der Waals surface area contributed by atoms with E-state index in [1.54, 1.807) is 0 Å². The number of nitrogens with one attached hydrogen (secondary N) is 1. The SMILES string of the molecule is N=C(N)SC/C=C/c1ccc(OCCN)cc1. The lowest BCUT2D eigenvalue weighted by Crippen LogP contribution is -2.10. The molecule has 1 rings (SSSR count). The maximum Gasteiger partial charge on any atom is 0.151 e. The standard InChI is InChI=1S/C12H17N3OS/c13-7-8-16-11-5-3-10(4-6-11)2-1-9-17-12(14)15/h1-6H,7-9,13H2,(H3,14,15)/b2-1+. The van der Waals surface area contributed by atoms with E-state index in [-0.39, 0.29) is 5.17 Å². The lowest BCUT2D eigenvalue weighted by molar-refractivity contribution is 0.328. The van der Waals surface area contributed by atoms with Gasteiger partial charge in [0.15, 0.2) is 5.17 Å². The van der Waals surface area contributed by atoms with Gasteiger partial charge in [0, 0.05) is 12.3 Å². The summed E-state index contributed by atoms with van der Waals surface area (Å²) in [6, 6.07) is 7.77. The van der Waals surface area contributed by atoms with Gasteiger partial charge in [-0.1, -0.05) is 36.0 Å². The predicted octanol–water partition coefficient (Wildman–Crippen LogP) is 1.66. The van der Waals surface area contributed by atoms with Crippen LogP contribution in [0.3, 0.4) is 0 Å². The lowest BCUT2D eigenvalue weighted by Gasteiger charge is -2.03. The molecule has 0 spiro atoms. The highest BCUT2D eigenvalue weighted by atomic mass is 32.2. The Morgan fingerprint density at radius 1 is 1.35 bits per heavy atom. The average molecular weight is 251 g/mol. The van der Waals surface area contributed by atoms with Crippen molar-refractivity contribution in [2.24, 2.45) is 11.5 Å². The molecule has 0 amide bonds. The molecule has 0 saturated carbocycles. The van der Waals surface area contributed by atoms with Crippen molar-refractivity contribution >= 4 is 23.0 Å². The zero-order chi connectivity index (χ0) is 12.5. The van der Waals surface area contributed by atoms with Crippen LogP contribution in [0, 0.1) is 5.41 Å². The van der Waals surface area contributed by atoms with Crippen molar-refractivity contribution in [3.63, 3.8) is 0 Å². The smallest absolute Gasteiger partial charge is 0.151 e. The van der Waals surface area contributed by atoms with Crippen LogP contribution in [0.25, 0.3) is 6.08 Å². The summed E-state index contributed by atoms with van der Waals surface area (Å²) in [4.78, 5) is 0. The first-order valence-electron chi connectivity index (χ1n) is 5.28. The topological polar surface area (TPSA) is 85.1 Å². The maximum absolute atomic E-state index is 7.05. The largest absolute Gasteiger partial charge is 0.492 e. The molecule has 17 heavy (non-hydrogen) atoms. The van der Waals surface area contributed by atoms with Gasteiger partial charge in [0.1, 0.15) is 12.4 Å². The highest BCUT2D eigenvalue weighted by Gasteiger charge is 1.92. The summed E-state index contributed by atoms with van der Waals surface area (Å²) in [5, 5.41) is 7.19. The van der Waals surface area contributed by atoms with Crippen molar-refractivity contribution < 1.29 is 4.74 Å². The van der Waals surface area contributed by atoms with Crippen LogP contribution >= 0.6 is 11.8 Å². The summed E-state index contributed by atoms with van der Waals surface area (Å²) in [5.74, 6) is 1.53. The first-order chi connectivity index (χ1) is 8.22. The minimum absolute atomic E-state index is 0.139. The molecular weight excluding hydrogens is 234 g/mol. The Hall–Kier alpha value is -1.46. The molecule has 0 aliphatic carbocycles. The number of rotatable bonds is 6. The molecule has 5 N–H and O–H groups in total. The number of hydrogen-bond donors (Lipinski definition) is 3. The van der Waals surface area contributed by atoms with E-state index in [4.69, 9.17) is 21.6 Å². The lowest BCUT2D eigenvalue weighted by atomic mass is 10.2. The fourth-order valence-electron chi connectivity index (χ4n) is 1.17. The normalized spacial score (nSPS) is 10.6. The molecule has 0 radical (unpaired) electrons. The van der Waals surface area contributed by atoms with Gasteiger partial charge in [-0.3, -0.25) is 5.41 Å². The van der Waals surface area contributed by atoms with Crippen molar-refractivity contribution in [1.82, 2.24) is 0 Å². The average Bonchev–Trinajstić information content (AvgIpc) is 2.33. The minimum atomic E-state index is 0.139. The van der Waals surface area contributed by atoms with E-state index in [2.05, 4.69) is 0 Å². The number of amidine groups is 1. The highest BCUT2D eigenvalue weighted by molar-refractivity contribution is 8.13. The van der Waals surface area contributed by atoms with Crippen LogP contribution < -0.4 is 16.2 Å². The van der Waals surface area contributed by atoms with Gasteiger partial charge in [0.05, 0.1) is 0 Å². The van der Waals surface area contributed by atoms with Crippen molar-refractivity contribution in [2.45, 2.75) is 0 Å². The summed E-state index contributed by atoms with van der Waals surface area (Å²) in [7, 11) is 0. The van der Waals surface area contributed by atoms with Crippen molar-refractivity contribution in [3.05, 3.63) is 35.9 Å². The third-order valence-electron chi connectivity index (χ3n) is 1.91. The molecular formula is C12H17N3OS. The van der Waals surface area contributed by atoms with Gasteiger partial charge in [-0.2, -0.15) is 0 Å². The van der Waals surface area contributed by atoms with Crippen molar-refractivity contribution in [2.75, 3.05) is 18.9 Å². The zero-order valence-electron chi connectivity index (χ0n) is 9.56. The van der Waals surface area contributed by atoms with Crippen LogP contribution in [0.4, 0.5) is 0 Å². The molecule has 5 heteroatoms. The van der Waals surface area contributed by atoms with Crippen LogP contribution in [-0.4, -0.2) is 24.1 Å². The van der Waals surface area contributed by atoms with Crippen LogP contribution in [0.1, 0.15) is 5.56 Å². The van der Waals surface area contributed by atoms with Gasteiger partial charge in [-0.05, 0) is 17.7 Å². The highest BCUT2D eigenvalue weighted by Crippen LogP contribution is 2.13. The summed E-state index contributed by atoms with van der Waals surface area (Å²) < 4.78 is 5.37. The molecule has 4 nitrogen and oxygen atoms in total. The Balaban J connectivity index is 2.42. The van der Waals surface area contributed by atoms with Gasteiger partial charge in [-0.15, -0.1) is 0 Å². The molecule has 0 heterocycles. The molecule has 1 aromatic carbocycles. The van der Waals surface area contributed by atoms with E-state index < -0.39 is 0 Å². The first-order valence-corrected chi connectivity index (χ1v) is 6.27. The number of nitrogens with two attached hydrogens (primary N) is 2. The fourth-order valence-corrected chi connectivity index (χ4v) is 1.55. The van der Waals surface area contributed by atoms with Gasteiger partial charge in [0.2, 0.25) is 0 Å². The third kappa shape index (κ3) is 5.99. The Labute approximate surface area is 106 Å². The molecule has 1 aromatic rings. The van der Waals surface area contributed by atoms with Crippen LogP contribution in [0.15, 0.2) is 30.3 Å². The zero-order valence-corrected chi connectivity index (χ0v) is 10.4.